The minimum atomic E-state index is 0.687. The van der Waals surface area contributed by atoms with E-state index in [1.165, 1.54) is 4.90 Å². The van der Waals surface area contributed by atoms with Crippen LogP contribution in [0.15, 0.2) is 29.2 Å². The molecule has 2 nitrogen and oxygen atoms in total. The van der Waals surface area contributed by atoms with Crippen molar-refractivity contribution in [3.05, 3.63) is 24.3 Å². The second-order valence-corrected chi connectivity index (χ2v) is 3.22. The van der Waals surface area contributed by atoms with Crippen molar-refractivity contribution in [2.75, 3.05) is 20.2 Å². The summed E-state index contributed by atoms with van der Waals surface area (Å²) in [5, 5.41) is 0. The topological polar surface area (TPSA) is 18.5 Å². The number of ether oxygens (including phenoxy) is 2. The van der Waals surface area contributed by atoms with Crippen molar-refractivity contribution in [2.45, 2.75) is 4.90 Å². The van der Waals surface area contributed by atoms with E-state index in [0.717, 1.165) is 5.75 Å². The fourth-order valence-corrected chi connectivity index (χ4v) is 1.38. The first kappa shape index (κ1) is 9.42. The Balaban J connectivity index is 2.53. The van der Waals surface area contributed by atoms with Crippen LogP contribution < -0.4 is 4.74 Å². The van der Waals surface area contributed by atoms with E-state index < -0.39 is 0 Å². The maximum atomic E-state index is 5.03. The van der Waals surface area contributed by atoms with E-state index in [1.54, 1.807) is 26.0 Å². The Labute approximate surface area is 76.9 Å². The average Bonchev–Trinajstić information content (AvgIpc) is 2.15. The largest absolute Gasteiger partial charge is 0.497 e. The third-order valence-corrected chi connectivity index (χ3v) is 2.36. The van der Waals surface area contributed by atoms with E-state index in [0.29, 0.717) is 5.94 Å². The Bertz CT molecular complexity index is 220. The Morgan fingerprint density at radius 1 is 1.17 bits per heavy atom. The molecule has 0 amide bonds. The van der Waals surface area contributed by atoms with Crippen molar-refractivity contribution >= 4 is 11.8 Å². The van der Waals surface area contributed by atoms with Gasteiger partial charge in [-0.05, 0) is 24.3 Å². The van der Waals surface area contributed by atoms with Gasteiger partial charge in [-0.1, -0.05) is 11.8 Å². The van der Waals surface area contributed by atoms with Crippen LogP contribution in [-0.4, -0.2) is 20.2 Å². The Kier molecular flexibility index (Phi) is 3.97. The number of hydrogen-bond donors (Lipinski definition) is 0. The zero-order valence-corrected chi connectivity index (χ0v) is 8.06. The Hall–Kier alpha value is -0.670. The molecule has 0 heterocycles. The van der Waals surface area contributed by atoms with Crippen LogP contribution in [0.5, 0.6) is 5.75 Å². The molecule has 66 valence electrons. The maximum Gasteiger partial charge on any atom is 0.118 e. The summed E-state index contributed by atoms with van der Waals surface area (Å²) in [6.07, 6.45) is 0. The summed E-state index contributed by atoms with van der Waals surface area (Å²) in [5.41, 5.74) is 0. The molecule has 0 bridgehead atoms. The normalized spacial score (nSPS) is 9.83. The Morgan fingerprint density at radius 3 is 2.33 bits per heavy atom. The lowest BCUT2D eigenvalue weighted by atomic mass is 10.3. The molecule has 0 atom stereocenters. The third-order valence-electron chi connectivity index (χ3n) is 1.40. The van der Waals surface area contributed by atoms with Gasteiger partial charge in [-0.15, -0.1) is 0 Å². The van der Waals surface area contributed by atoms with Gasteiger partial charge in [-0.25, -0.2) is 0 Å². The molecule has 3 heteroatoms. The molecule has 0 fully saturated rings. The molecular formula is C9H12O2S. The zero-order chi connectivity index (χ0) is 8.81. The lowest BCUT2D eigenvalue weighted by molar-refractivity contribution is 0.259. The minimum Gasteiger partial charge on any atom is -0.497 e. The third kappa shape index (κ3) is 2.75. The van der Waals surface area contributed by atoms with E-state index in [-0.39, 0.29) is 0 Å². The van der Waals surface area contributed by atoms with Gasteiger partial charge in [-0.2, -0.15) is 0 Å². The predicted octanol–water partition coefficient (Wildman–Crippen LogP) is 2.39. The van der Waals surface area contributed by atoms with Gasteiger partial charge in [0.2, 0.25) is 0 Å². The van der Waals surface area contributed by atoms with Gasteiger partial charge in [-0.3, -0.25) is 0 Å². The molecule has 1 aromatic carbocycles. The van der Waals surface area contributed by atoms with Crippen LogP contribution in [0.4, 0.5) is 0 Å². The highest BCUT2D eigenvalue weighted by Crippen LogP contribution is 2.20. The van der Waals surface area contributed by atoms with E-state index in [9.17, 15) is 0 Å². The van der Waals surface area contributed by atoms with Gasteiger partial charge in [0, 0.05) is 12.0 Å². The predicted molar refractivity (Wildman–Crippen MR) is 50.7 cm³/mol. The standard InChI is InChI=1S/C9H12O2S/c1-10-7-12-9-5-3-8(11-2)4-6-9/h3-6H,7H2,1-2H3. The molecule has 1 rings (SSSR count). The van der Waals surface area contributed by atoms with Crippen LogP contribution in [-0.2, 0) is 4.74 Å². The molecule has 0 aliphatic carbocycles. The molecule has 0 aliphatic heterocycles. The molecule has 1 aromatic rings. The van der Waals surface area contributed by atoms with Crippen LogP contribution in [0.3, 0.4) is 0 Å². The summed E-state index contributed by atoms with van der Waals surface area (Å²) in [4.78, 5) is 1.19. The molecule has 0 unspecified atom stereocenters. The van der Waals surface area contributed by atoms with E-state index in [1.807, 2.05) is 24.3 Å². The van der Waals surface area contributed by atoms with E-state index in [2.05, 4.69) is 0 Å². The molecule has 0 saturated heterocycles. The van der Waals surface area contributed by atoms with E-state index in [4.69, 9.17) is 9.47 Å². The monoisotopic (exact) mass is 184 g/mol. The van der Waals surface area contributed by atoms with Crippen LogP contribution in [0.2, 0.25) is 0 Å². The van der Waals surface area contributed by atoms with Crippen LogP contribution in [0, 0.1) is 0 Å². The molecule has 0 aromatic heterocycles. The maximum absolute atomic E-state index is 5.03. The van der Waals surface area contributed by atoms with Gasteiger partial charge in [0.1, 0.15) is 5.75 Å². The summed E-state index contributed by atoms with van der Waals surface area (Å²) >= 11 is 1.66. The molecular weight excluding hydrogens is 172 g/mol. The fourth-order valence-electron chi connectivity index (χ4n) is 0.799. The first-order valence-electron chi connectivity index (χ1n) is 3.62. The van der Waals surface area contributed by atoms with Crippen molar-refractivity contribution in [3.8, 4) is 5.75 Å². The molecule has 0 saturated carbocycles. The average molecular weight is 184 g/mol. The van der Waals surface area contributed by atoms with Gasteiger partial charge in [0.15, 0.2) is 0 Å². The van der Waals surface area contributed by atoms with Crippen LogP contribution in [0.1, 0.15) is 0 Å². The molecule has 0 radical (unpaired) electrons. The van der Waals surface area contributed by atoms with Gasteiger partial charge < -0.3 is 9.47 Å². The van der Waals surface area contributed by atoms with Crippen molar-refractivity contribution in [1.29, 1.82) is 0 Å². The zero-order valence-electron chi connectivity index (χ0n) is 7.24. The van der Waals surface area contributed by atoms with Crippen molar-refractivity contribution in [3.63, 3.8) is 0 Å². The van der Waals surface area contributed by atoms with Gasteiger partial charge in [0.05, 0.1) is 13.0 Å². The number of rotatable bonds is 4. The summed E-state index contributed by atoms with van der Waals surface area (Å²) in [6.45, 7) is 0. The lowest BCUT2D eigenvalue weighted by Crippen LogP contribution is -1.83. The first-order chi connectivity index (χ1) is 5.86. The highest BCUT2D eigenvalue weighted by Gasteiger charge is 1.93. The first-order valence-corrected chi connectivity index (χ1v) is 4.61. The summed E-state index contributed by atoms with van der Waals surface area (Å²) in [5.74, 6) is 1.57. The van der Waals surface area contributed by atoms with Gasteiger partial charge in [0.25, 0.3) is 0 Å². The lowest BCUT2D eigenvalue weighted by Gasteiger charge is -2.01. The summed E-state index contributed by atoms with van der Waals surface area (Å²) in [7, 11) is 3.35. The highest BCUT2D eigenvalue weighted by molar-refractivity contribution is 7.99. The molecule has 0 aliphatic rings. The van der Waals surface area contributed by atoms with Crippen molar-refractivity contribution in [2.24, 2.45) is 0 Å². The van der Waals surface area contributed by atoms with Crippen molar-refractivity contribution in [1.82, 2.24) is 0 Å². The molecule has 0 spiro atoms. The fraction of sp³-hybridized carbons (Fsp3) is 0.333. The van der Waals surface area contributed by atoms with Crippen LogP contribution in [0.25, 0.3) is 0 Å². The highest BCUT2D eigenvalue weighted by atomic mass is 32.2. The molecule has 0 N–H and O–H groups in total. The smallest absolute Gasteiger partial charge is 0.118 e. The van der Waals surface area contributed by atoms with Gasteiger partial charge >= 0.3 is 0 Å². The minimum absolute atomic E-state index is 0.687. The Morgan fingerprint density at radius 2 is 1.83 bits per heavy atom. The second kappa shape index (κ2) is 5.06. The number of hydrogen-bond acceptors (Lipinski definition) is 3. The quantitative estimate of drug-likeness (QED) is 0.529. The number of benzene rings is 1. The van der Waals surface area contributed by atoms with Crippen LogP contribution >= 0.6 is 11.8 Å². The number of thioether (sulfide) groups is 1. The van der Waals surface area contributed by atoms with Crippen molar-refractivity contribution < 1.29 is 9.47 Å². The summed E-state index contributed by atoms with van der Waals surface area (Å²) in [6, 6.07) is 7.92. The SMILES string of the molecule is COCSc1ccc(OC)cc1. The second-order valence-electron chi connectivity index (χ2n) is 2.23. The van der Waals surface area contributed by atoms with E-state index >= 15 is 0 Å². The molecule has 12 heavy (non-hydrogen) atoms. The summed E-state index contributed by atoms with van der Waals surface area (Å²) < 4.78 is 9.97. The number of methoxy groups -OCH3 is 2.